The zero-order valence-electron chi connectivity index (χ0n) is 19.5. The molecule has 2 heterocycles. The van der Waals surface area contributed by atoms with Gasteiger partial charge in [0.05, 0.1) is 18.6 Å². The molecule has 0 atom stereocenters. The van der Waals surface area contributed by atoms with E-state index >= 15 is 0 Å². The summed E-state index contributed by atoms with van der Waals surface area (Å²) in [6, 6.07) is 19.1. The Hall–Kier alpha value is -3.71. The first-order valence-electron chi connectivity index (χ1n) is 11.6. The largest absolute Gasteiger partial charge is 0.494 e. The smallest absolute Gasteiger partial charge is 0.254 e. The number of carbonyl (C=O) groups excluding carboxylic acids is 1. The highest BCUT2D eigenvalue weighted by Crippen LogP contribution is 2.19. The minimum absolute atomic E-state index is 0.00327. The van der Waals surface area contributed by atoms with Crippen LogP contribution >= 0.6 is 0 Å². The molecule has 0 unspecified atom stereocenters. The summed E-state index contributed by atoms with van der Waals surface area (Å²) < 4.78 is 6.82. The highest BCUT2D eigenvalue weighted by Gasteiger charge is 2.21. The van der Waals surface area contributed by atoms with Gasteiger partial charge in [-0.15, -0.1) is 0 Å². The van der Waals surface area contributed by atoms with Gasteiger partial charge in [-0.1, -0.05) is 42.5 Å². The van der Waals surface area contributed by atoms with Gasteiger partial charge in [-0.05, 0) is 36.8 Å². The third-order valence-electron chi connectivity index (χ3n) is 5.84. The predicted molar refractivity (Wildman–Crippen MR) is 134 cm³/mol. The fraction of sp³-hybridized carbons (Fsp3) is 0.296. The lowest BCUT2D eigenvalue weighted by Crippen LogP contribution is -2.49. The van der Waals surface area contributed by atoms with E-state index in [1.165, 1.54) is 22.5 Å². The van der Waals surface area contributed by atoms with Crippen LogP contribution in [0.2, 0.25) is 0 Å². The summed E-state index contributed by atoms with van der Waals surface area (Å²) in [5.41, 5.74) is 2.35. The number of piperazine rings is 1. The Morgan fingerprint density at radius 2 is 1.76 bits per heavy atom. The molecule has 3 aromatic rings. The molecular formula is C27H30N4O3. The van der Waals surface area contributed by atoms with Gasteiger partial charge < -0.3 is 9.64 Å². The highest BCUT2D eigenvalue weighted by atomic mass is 16.5. The molecule has 7 heteroatoms. The Morgan fingerprint density at radius 3 is 2.44 bits per heavy atom. The van der Waals surface area contributed by atoms with Crippen molar-refractivity contribution in [3.63, 3.8) is 0 Å². The summed E-state index contributed by atoms with van der Waals surface area (Å²) in [4.78, 5) is 33.9. The molecular weight excluding hydrogens is 428 g/mol. The molecule has 0 radical (unpaired) electrons. The molecule has 0 N–H and O–H groups in total. The van der Waals surface area contributed by atoms with E-state index in [0.717, 1.165) is 30.9 Å². The maximum absolute atomic E-state index is 12.8. The summed E-state index contributed by atoms with van der Waals surface area (Å²) in [5, 5.41) is 0. The molecule has 1 aliphatic heterocycles. The summed E-state index contributed by atoms with van der Waals surface area (Å²) >= 11 is 0. The van der Waals surface area contributed by atoms with E-state index < -0.39 is 0 Å². The van der Waals surface area contributed by atoms with Crippen LogP contribution in [0.15, 0.2) is 77.9 Å². The second kappa shape index (κ2) is 11.4. The van der Waals surface area contributed by atoms with E-state index in [1.54, 1.807) is 0 Å². The SMILES string of the molecule is CCOc1ccc(-c2cc(=O)n(CC(=O)N3CCN(C/C=C/c4ccccc4)CC3)cn2)cc1. The summed E-state index contributed by atoms with van der Waals surface area (Å²) in [6.07, 6.45) is 5.73. The van der Waals surface area contributed by atoms with E-state index in [9.17, 15) is 9.59 Å². The van der Waals surface area contributed by atoms with Crippen LogP contribution in [0.25, 0.3) is 17.3 Å². The molecule has 7 nitrogen and oxygen atoms in total. The van der Waals surface area contributed by atoms with Crippen LogP contribution in [0.5, 0.6) is 5.75 Å². The van der Waals surface area contributed by atoms with Crippen LogP contribution < -0.4 is 10.3 Å². The minimum Gasteiger partial charge on any atom is -0.494 e. The number of carbonyl (C=O) groups is 1. The zero-order valence-corrected chi connectivity index (χ0v) is 19.5. The number of hydrogen-bond donors (Lipinski definition) is 0. The number of rotatable bonds is 8. The van der Waals surface area contributed by atoms with E-state index in [0.29, 0.717) is 25.4 Å². The van der Waals surface area contributed by atoms with Crippen LogP contribution in [-0.4, -0.2) is 64.6 Å². The normalized spacial score (nSPS) is 14.4. The van der Waals surface area contributed by atoms with Crippen LogP contribution in [0.1, 0.15) is 12.5 Å². The third kappa shape index (κ3) is 6.20. The first-order valence-corrected chi connectivity index (χ1v) is 11.6. The molecule has 0 aliphatic carbocycles. The predicted octanol–water partition coefficient (Wildman–Crippen LogP) is 3.17. The minimum atomic E-state index is -0.239. The molecule has 0 saturated carbocycles. The lowest BCUT2D eigenvalue weighted by molar-refractivity contribution is -0.133. The van der Waals surface area contributed by atoms with Crippen LogP contribution in [0, 0.1) is 0 Å². The fourth-order valence-corrected chi connectivity index (χ4v) is 3.92. The standard InChI is InChI=1S/C27H30N4O3/c1-2-34-24-12-10-23(11-13-24)25-19-26(32)31(21-28-25)20-27(33)30-17-15-29(16-18-30)14-6-9-22-7-4-3-5-8-22/h3-13,19,21H,2,14-18,20H2,1H3/b9-6+. The van der Waals surface area contributed by atoms with Gasteiger partial charge in [0.2, 0.25) is 5.91 Å². The molecule has 0 bridgehead atoms. The Bertz CT molecular complexity index is 1160. The maximum atomic E-state index is 12.8. The third-order valence-corrected chi connectivity index (χ3v) is 5.84. The van der Waals surface area contributed by atoms with Crippen molar-refractivity contribution in [2.75, 3.05) is 39.3 Å². The van der Waals surface area contributed by atoms with Crippen molar-refractivity contribution in [2.24, 2.45) is 0 Å². The quantitative estimate of drug-likeness (QED) is 0.519. The number of amides is 1. The second-order valence-electron chi connectivity index (χ2n) is 8.19. The first-order chi connectivity index (χ1) is 16.6. The maximum Gasteiger partial charge on any atom is 0.254 e. The number of hydrogen-bond acceptors (Lipinski definition) is 5. The van der Waals surface area contributed by atoms with E-state index in [4.69, 9.17) is 4.74 Å². The molecule has 1 aliphatic rings. The Labute approximate surface area is 199 Å². The van der Waals surface area contributed by atoms with Gasteiger partial charge in [0.1, 0.15) is 12.3 Å². The van der Waals surface area contributed by atoms with Gasteiger partial charge in [-0.3, -0.25) is 19.1 Å². The van der Waals surface area contributed by atoms with Gasteiger partial charge in [0, 0.05) is 44.4 Å². The topological polar surface area (TPSA) is 67.7 Å². The number of ether oxygens (including phenoxy) is 1. The lowest BCUT2D eigenvalue weighted by atomic mass is 10.1. The van der Waals surface area contributed by atoms with Gasteiger partial charge in [0.15, 0.2) is 0 Å². The van der Waals surface area contributed by atoms with Crippen LogP contribution in [0.3, 0.4) is 0 Å². The molecule has 4 rings (SSSR count). The molecule has 2 aromatic carbocycles. The monoisotopic (exact) mass is 458 g/mol. The average Bonchev–Trinajstić information content (AvgIpc) is 2.87. The molecule has 0 spiro atoms. The Balaban J connectivity index is 1.28. The lowest BCUT2D eigenvalue weighted by Gasteiger charge is -2.34. The summed E-state index contributed by atoms with van der Waals surface area (Å²) in [7, 11) is 0. The average molecular weight is 459 g/mol. The van der Waals surface area contributed by atoms with Crippen molar-refractivity contribution >= 4 is 12.0 Å². The van der Waals surface area contributed by atoms with Gasteiger partial charge in [-0.25, -0.2) is 4.98 Å². The van der Waals surface area contributed by atoms with Crippen molar-refractivity contribution in [1.82, 2.24) is 19.4 Å². The van der Waals surface area contributed by atoms with Crippen molar-refractivity contribution in [3.05, 3.63) is 89.0 Å². The number of aromatic nitrogens is 2. The second-order valence-corrected chi connectivity index (χ2v) is 8.19. The number of benzene rings is 2. The van der Waals surface area contributed by atoms with E-state index in [-0.39, 0.29) is 18.0 Å². The van der Waals surface area contributed by atoms with Gasteiger partial charge in [-0.2, -0.15) is 0 Å². The summed E-state index contributed by atoms with van der Waals surface area (Å²) in [6.45, 7) is 6.33. The van der Waals surface area contributed by atoms with Crippen LogP contribution in [-0.2, 0) is 11.3 Å². The van der Waals surface area contributed by atoms with Gasteiger partial charge in [0.25, 0.3) is 5.56 Å². The molecule has 176 valence electrons. The van der Waals surface area contributed by atoms with Crippen molar-refractivity contribution in [2.45, 2.75) is 13.5 Å². The van der Waals surface area contributed by atoms with Crippen LogP contribution in [0.4, 0.5) is 0 Å². The van der Waals surface area contributed by atoms with Crippen molar-refractivity contribution < 1.29 is 9.53 Å². The van der Waals surface area contributed by atoms with Crippen molar-refractivity contribution in [1.29, 1.82) is 0 Å². The molecule has 1 saturated heterocycles. The zero-order chi connectivity index (χ0) is 23.8. The molecule has 34 heavy (non-hydrogen) atoms. The number of nitrogens with zero attached hydrogens (tertiary/aromatic N) is 4. The first kappa shape index (κ1) is 23.4. The van der Waals surface area contributed by atoms with E-state index in [1.807, 2.05) is 54.3 Å². The fourth-order valence-electron chi connectivity index (χ4n) is 3.92. The molecule has 1 fully saturated rings. The molecule has 1 amide bonds. The highest BCUT2D eigenvalue weighted by molar-refractivity contribution is 5.76. The van der Waals surface area contributed by atoms with E-state index in [2.05, 4.69) is 34.2 Å². The Kier molecular flexibility index (Phi) is 7.88. The van der Waals surface area contributed by atoms with Crippen molar-refractivity contribution in [3.8, 4) is 17.0 Å². The summed E-state index contributed by atoms with van der Waals surface area (Å²) in [5.74, 6) is 0.717. The molecule has 1 aromatic heterocycles. The Morgan fingerprint density at radius 1 is 1.03 bits per heavy atom. The van der Waals surface area contributed by atoms with Gasteiger partial charge >= 0.3 is 0 Å².